The fourth-order valence-corrected chi connectivity index (χ4v) is 4.03. The van der Waals surface area contributed by atoms with Crippen LogP contribution in [0.2, 0.25) is 0 Å². The largest absolute Gasteiger partial charge is 0.376 e. The molecule has 3 aromatic rings. The van der Waals surface area contributed by atoms with Crippen LogP contribution in [-0.2, 0) is 5.60 Å². The summed E-state index contributed by atoms with van der Waals surface area (Å²) in [6, 6.07) is 28.2. The molecular weight excluding hydrogens is 328 g/mol. The van der Waals surface area contributed by atoms with Crippen LogP contribution in [0.25, 0.3) is 0 Å². The van der Waals surface area contributed by atoms with Crippen LogP contribution in [0, 0.1) is 0 Å². The standard InChI is InChI=1S/C26H24O/c1-19-17-18-23(20(19)2)24-15-9-10-16-25(24)26(27,21-11-5-3-6-12-21)22-13-7-4-8-14-22/h3-18,23,27H,1-2H3. The van der Waals surface area contributed by atoms with Crippen molar-refractivity contribution in [2.24, 2.45) is 0 Å². The molecule has 1 heteroatoms. The highest BCUT2D eigenvalue weighted by Crippen LogP contribution is 2.43. The molecular formula is C26H24O. The number of aliphatic hydroxyl groups is 1. The van der Waals surface area contributed by atoms with E-state index in [1.54, 1.807) is 0 Å². The Bertz CT molecular complexity index is 957. The Labute approximate surface area is 161 Å². The van der Waals surface area contributed by atoms with Crippen LogP contribution in [0.4, 0.5) is 0 Å². The van der Waals surface area contributed by atoms with Gasteiger partial charge in [0.2, 0.25) is 0 Å². The summed E-state index contributed by atoms with van der Waals surface area (Å²) >= 11 is 0. The Morgan fingerprint density at radius 2 is 1.22 bits per heavy atom. The Hall–Kier alpha value is -2.90. The molecule has 0 aromatic heterocycles. The molecule has 0 fully saturated rings. The van der Waals surface area contributed by atoms with Crippen molar-refractivity contribution >= 4 is 0 Å². The smallest absolute Gasteiger partial charge is 0.140 e. The molecule has 134 valence electrons. The van der Waals surface area contributed by atoms with Crippen LogP contribution in [0.5, 0.6) is 0 Å². The molecule has 1 unspecified atom stereocenters. The summed E-state index contributed by atoms with van der Waals surface area (Å²) in [5, 5.41) is 12.2. The van der Waals surface area contributed by atoms with E-state index in [0.29, 0.717) is 0 Å². The Balaban J connectivity index is 1.98. The first-order valence-electron chi connectivity index (χ1n) is 9.41. The third-order valence-electron chi connectivity index (χ3n) is 5.70. The topological polar surface area (TPSA) is 20.2 Å². The van der Waals surface area contributed by atoms with Crippen LogP contribution in [0.1, 0.15) is 42.0 Å². The van der Waals surface area contributed by atoms with Gasteiger partial charge in [0.15, 0.2) is 0 Å². The highest BCUT2D eigenvalue weighted by atomic mass is 16.3. The molecule has 27 heavy (non-hydrogen) atoms. The zero-order valence-corrected chi connectivity index (χ0v) is 15.8. The Morgan fingerprint density at radius 3 is 1.74 bits per heavy atom. The number of allylic oxidation sites excluding steroid dienone is 4. The van der Waals surface area contributed by atoms with E-state index in [1.807, 2.05) is 66.7 Å². The Morgan fingerprint density at radius 1 is 0.704 bits per heavy atom. The highest BCUT2D eigenvalue weighted by Gasteiger charge is 2.37. The number of hydrogen-bond donors (Lipinski definition) is 1. The second-order valence-corrected chi connectivity index (χ2v) is 7.23. The second kappa shape index (κ2) is 7.02. The van der Waals surface area contributed by atoms with Gasteiger partial charge in [0.05, 0.1) is 0 Å². The molecule has 0 radical (unpaired) electrons. The summed E-state index contributed by atoms with van der Waals surface area (Å²) in [7, 11) is 0. The molecule has 3 aromatic carbocycles. The summed E-state index contributed by atoms with van der Waals surface area (Å²) in [5.41, 5.74) is 5.28. The lowest BCUT2D eigenvalue weighted by atomic mass is 9.75. The normalized spacial score (nSPS) is 16.8. The molecule has 0 aliphatic heterocycles. The van der Waals surface area contributed by atoms with Crippen LogP contribution < -0.4 is 0 Å². The van der Waals surface area contributed by atoms with E-state index < -0.39 is 5.60 Å². The summed E-state index contributed by atoms with van der Waals surface area (Å²) in [5.74, 6) is 0.195. The summed E-state index contributed by atoms with van der Waals surface area (Å²) in [6.45, 7) is 4.33. The van der Waals surface area contributed by atoms with Gasteiger partial charge in [-0.05, 0) is 36.1 Å². The van der Waals surface area contributed by atoms with Gasteiger partial charge in [-0.2, -0.15) is 0 Å². The highest BCUT2D eigenvalue weighted by molar-refractivity contribution is 5.55. The van der Waals surface area contributed by atoms with Crippen LogP contribution in [0.15, 0.2) is 108 Å². The van der Waals surface area contributed by atoms with Gasteiger partial charge in [-0.15, -0.1) is 0 Å². The molecule has 0 saturated heterocycles. The lowest BCUT2D eigenvalue weighted by Gasteiger charge is -2.33. The first kappa shape index (κ1) is 17.5. The van der Waals surface area contributed by atoms with Crippen molar-refractivity contribution in [2.45, 2.75) is 25.4 Å². The molecule has 1 aliphatic rings. The van der Waals surface area contributed by atoms with E-state index in [0.717, 1.165) is 22.3 Å². The third-order valence-corrected chi connectivity index (χ3v) is 5.70. The summed E-state index contributed by atoms with van der Waals surface area (Å²) in [6.07, 6.45) is 4.42. The van der Waals surface area contributed by atoms with E-state index in [9.17, 15) is 5.11 Å². The van der Waals surface area contributed by atoms with Crippen LogP contribution >= 0.6 is 0 Å². The molecule has 1 N–H and O–H groups in total. The SMILES string of the molecule is CC1=C(C)C(c2ccccc2C(O)(c2ccccc2)c2ccccc2)C=C1. The molecule has 0 spiro atoms. The molecule has 0 heterocycles. The number of hydrogen-bond acceptors (Lipinski definition) is 1. The van der Waals surface area contributed by atoms with Crippen molar-refractivity contribution in [1.29, 1.82) is 0 Å². The quantitative estimate of drug-likeness (QED) is 0.574. The minimum atomic E-state index is -1.20. The molecule has 0 bridgehead atoms. The average molecular weight is 352 g/mol. The lowest BCUT2D eigenvalue weighted by Crippen LogP contribution is -2.30. The molecule has 4 rings (SSSR count). The fourth-order valence-electron chi connectivity index (χ4n) is 4.03. The predicted molar refractivity (Wildman–Crippen MR) is 112 cm³/mol. The predicted octanol–water partition coefficient (Wildman–Crippen LogP) is 5.96. The van der Waals surface area contributed by atoms with Gasteiger partial charge < -0.3 is 5.11 Å². The van der Waals surface area contributed by atoms with E-state index >= 15 is 0 Å². The van der Waals surface area contributed by atoms with Crippen molar-refractivity contribution in [1.82, 2.24) is 0 Å². The number of rotatable bonds is 4. The molecule has 1 nitrogen and oxygen atoms in total. The van der Waals surface area contributed by atoms with Gasteiger partial charge >= 0.3 is 0 Å². The number of benzene rings is 3. The van der Waals surface area contributed by atoms with Crippen LogP contribution in [-0.4, -0.2) is 5.11 Å². The average Bonchev–Trinajstić information content (AvgIpc) is 3.07. The molecule has 1 aliphatic carbocycles. The van der Waals surface area contributed by atoms with Crippen molar-refractivity contribution in [3.8, 4) is 0 Å². The van der Waals surface area contributed by atoms with E-state index in [1.165, 1.54) is 11.1 Å². The van der Waals surface area contributed by atoms with Crippen molar-refractivity contribution in [2.75, 3.05) is 0 Å². The fraction of sp³-hybridized carbons (Fsp3) is 0.154. The maximum absolute atomic E-state index is 12.2. The van der Waals surface area contributed by atoms with Gasteiger partial charge in [0, 0.05) is 5.92 Å². The van der Waals surface area contributed by atoms with E-state index in [2.05, 4.69) is 44.2 Å². The van der Waals surface area contributed by atoms with Gasteiger partial charge in [-0.25, -0.2) is 0 Å². The second-order valence-electron chi connectivity index (χ2n) is 7.23. The van der Waals surface area contributed by atoms with Crippen molar-refractivity contribution < 1.29 is 5.11 Å². The summed E-state index contributed by atoms with van der Waals surface area (Å²) < 4.78 is 0. The lowest BCUT2D eigenvalue weighted by molar-refractivity contribution is 0.124. The van der Waals surface area contributed by atoms with Crippen molar-refractivity contribution in [3.05, 3.63) is 130 Å². The van der Waals surface area contributed by atoms with Gasteiger partial charge in [0.25, 0.3) is 0 Å². The van der Waals surface area contributed by atoms with Crippen molar-refractivity contribution in [3.63, 3.8) is 0 Å². The third kappa shape index (κ3) is 2.94. The monoisotopic (exact) mass is 352 g/mol. The minimum Gasteiger partial charge on any atom is -0.376 e. The maximum Gasteiger partial charge on any atom is 0.140 e. The van der Waals surface area contributed by atoms with Crippen LogP contribution in [0.3, 0.4) is 0 Å². The molecule has 1 atom stereocenters. The first-order valence-corrected chi connectivity index (χ1v) is 9.41. The van der Waals surface area contributed by atoms with Gasteiger partial charge in [0.1, 0.15) is 5.60 Å². The molecule has 0 amide bonds. The minimum absolute atomic E-state index is 0.195. The van der Waals surface area contributed by atoms with E-state index in [4.69, 9.17) is 0 Å². The molecule has 0 saturated carbocycles. The summed E-state index contributed by atoms with van der Waals surface area (Å²) in [4.78, 5) is 0. The Kier molecular flexibility index (Phi) is 4.55. The van der Waals surface area contributed by atoms with Gasteiger partial charge in [-0.3, -0.25) is 0 Å². The van der Waals surface area contributed by atoms with E-state index in [-0.39, 0.29) is 5.92 Å². The zero-order valence-electron chi connectivity index (χ0n) is 15.8. The van der Waals surface area contributed by atoms with Gasteiger partial charge in [-0.1, -0.05) is 108 Å². The maximum atomic E-state index is 12.2. The first-order chi connectivity index (χ1) is 13.1. The zero-order chi connectivity index (χ0) is 18.9.